The zero-order valence-corrected chi connectivity index (χ0v) is 24.0. The molecule has 3 aliphatic rings. The molecule has 41 heavy (non-hydrogen) atoms. The van der Waals surface area contributed by atoms with Crippen molar-refractivity contribution in [1.82, 2.24) is 0 Å². The number of esters is 2. The molecule has 0 aliphatic carbocycles. The molecule has 1 unspecified atom stereocenters. The van der Waals surface area contributed by atoms with Gasteiger partial charge < -0.3 is 9.47 Å². The van der Waals surface area contributed by atoms with Gasteiger partial charge in [0.2, 0.25) is 11.7 Å². The first-order valence-corrected chi connectivity index (χ1v) is 13.9. The van der Waals surface area contributed by atoms with E-state index in [0.29, 0.717) is 32.8 Å². The Morgan fingerprint density at radius 1 is 0.780 bits per heavy atom. The Hall–Kier alpha value is -4.28. The lowest BCUT2D eigenvalue weighted by molar-refractivity contribution is -0.136. The van der Waals surface area contributed by atoms with E-state index in [1.807, 2.05) is 65.3 Å². The second-order valence-corrected chi connectivity index (χ2v) is 10.4. The molecule has 3 aromatic carbocycles. The first kappa shape index (κ1) is 26.9. The predicted molar refractivity (Wildman–Crippen MR) is 160 cm³/mol. The summed E-state index contributed by atoms with van der Waals surface area (Å²) >= 11 is 12.5. The number of carbonyl (C=O) groups is 2. The average Bonchev–Trinajstić information content (AvgIpc) is 3.52. The largest absolute Gasteiger partial charge is 0.460 e. The van der Waals surface area contributed by atoms with Gasteiger partial charge in [0.15, 0.2) is 11.8 Å². The summed E-state index contributed by atoms with van der Waals surface area (Å²) in [5, 5.41) is 14.3. The normalized spacial score (nSPS) is 20.7. The molecular formula is C29H26Cl2N6O4. The molecule has 3 aliphatic heterocycles. The maximum Gasteiger partial charge on any atom is 0.376 e. The number of hydrazone groups is 2. The van der Waals surface area contributed by atoms with Crippen LogP contribution in [0.25, 0.3) is 0 Å². The lowest BCUT2D eigenvalue weighted by Gasteiger charge is -2.53. The third-order valence-corrected chi connectivity index (χ3v) is 7.65. The third-order valence-electron chi connectivity index (χ3n) is 7.14. The molecule has 0 aromatic heterocycles. The second kappa shape index (κ2) is 10.3. The molecular weight excluding hydrogens is 567 g/mol. The van der Waals surface area contributed by atoms with Crippen molar-refractivity contribution in [3.63, 3.8) is 0 Å². The number of anilines is 4. The van der Waals surface area contributed by atoms with Crippen LogP contribution in [-0.2, 0) is 19.1 Å². The number of hydrogen-bond donors (Lipinski definition) is 0. The molecule has 0 saturated carbocycles. The van der Waals surface area contributed by atoms with Gasteiger partial charge in [0.05, 0.1) is 36.0 Å². The number of nitrogens with zero attached hydrogens (tertiary/aromatic N) is 6. The Labute approximate surface area is 246 Å². The Kier molecular flexibility index (Phi) is 6.75. The highest BCUT2D eigenvalue weighted by molar-refractivity contribution is 6.45. The van der Waals surface area contributed by atoms with Gasteiger partial charge in [-0.1, -0.05) is 35.3 Å². The van der Waals surface area contributed by atoms with E-state index in [1.54, 1.807) is 48.1 Å². The van der Waals surface area contributed by atoms with Crippen LogP contribution in [-0.4, -0.2) is 48.7 Å². The molecule has 0 N–H and O–H groups in total. The zero-order valence-electron chi connectivity index (χ0n) is 22.5. The molecule has 0 bridgehead atoms. The molecule has 2 atom stereocenters. The highest BCUT2D eigenvalue weighted by Gasteiger charge is 2.64. The Bertz CT molecular complexity index is 1580. The number of rotatable bonds is 6. The van der Waals surface area contributed by atoms with E-state index in [0.717, 1.165) is 0 Å². The summed E-state index contributed by atoms with van der Waals surface area (Å²) in [5.41, 5.74) is 1.48. The zero-order chi connectivity index (χ0) is 28.9. The molecule has 0 saturated heterocycles. The van der Waals surface area contributed by atoms with Crippen molar-refractivity contribution in [2.45, 2.75) is 32.6 Å². The Morgan fingerprint density at radius 2 is 1.32 bits per heavy atom. The van der Waals surface area contributed by atoms with Crippen molar-refractivity contribution < 1.29 is 19.1 Å². The lowest BCUT2D eigenvalue weighted by Crippen LogP contribution is -2.73. The van der Waals surface area contributed by atoms with Gasteiger partial charge in [-0.3, -0.25) is 9.80 Å². The Morgan fingerprint density at radius 3 is 1.90 bits per heavy atom. The smallest absolute Gasteiger partial charge is 0.376 e. The molecule has 10 nitrogen and oxygen atoms in total. The number of halogens is 2. The van der Waals surface area contributed by atoms with E-state index >= 15 is 0 Å². The summed E-state index contributed by atoms with van der Waals surface area (Å²) in [5.74, 6) is -0.970. The number of benzene rings is 3. The Balaban J connectivity index is 1.63. The van der Waals surface area contributed by atoms with Gasteiger partial charge in [-0.25, -0.2) is 19.6 Å². The fraction of sp³-hybridized carbons (Fsp3) is 0.241. The van der Waals surface area contributed by atoms with Crippen LogP contribution in [0.2, 0.25) is 10.0 Å². The molecule has 0 fully saturated rings. The number of hydrogen-bond acceptors (Lipinski definition) is 10. The lowest BCUT2D eigenvalue weighted by atomic mass is 9.96. The van der Waals surface area contributed by atoms with Crippen LogP contribution in [0, 0.1) is 0 Å². The molecule has 0 spiro atoms. The van der Waals surface area contributed by atoms with Gasteiger partial charge in [-0.2, -0.15) is 0 Å². The predicted octanol–water partition coefficient (Wildman–Crippen LogP) is 5.46. The summed E-state index contributed by atoms with van der Waals surface area (Å²) < 4.78 is 10.9. The molecule has 6 rings (SSSR count). The number of amidine groups is 2. The molecule has 3 aromatic rings. The van der Waals surface area contributed by atoms with Crippen molar-refractivity contribution in [3.8, 4) is 0 Å². The van der Waals surface area contributed by atoms with Crippen molar-refractivity contribution in [2.24, 2.45) is 10.2 Å². The fourth-order valence-electron chi connectivity index (χ4n) is 5.50. The first-order chi connectivity index (χ1) is 19.8. The van der Waals surface area contributed by atoms with Crippen LogP contribution >= 0.6 is 23.2 Å². The standard InChI is InChI=1S/C29H26Cl2N6O4/c1-4-40-26(38)24-32-36(20-14-10-18(30)11-15-20)28-29(3)35(23-9-7-6-8-22(23)34(24)28)25(27(39)41-5-2)33-37(29)21-16-12-19(31)13-17-21/h6-17,28H,4-5H2,1-3H3/t28?,29-/m0/s1. The minimum Gasteiger partial charge on any atom is -0.460 e. The van der Waals surface area contributed by atoms with Crippen LogP contribution in [0.15, 0.2) is 83.0 Å². The molecule has 210 valence electrons. The number of ether oxygens (including phenoxy) is 2. The van der Waals surface area contributed by atoms with Crippen LogP contribution in [0.4, 0.5) is 22.7 Å². The van der Waals surface area contributed by atoms with Crippen molar-refractivity contribution >= 4 is 69.6 Å². The first-order valence-electron chi connectivity index (χ1n) is 13.1. The van der Waals surface area contributed by atoms with E-state index in [1.165, 1.54) is 0 Å². The average molecular weight is 593 g/mol. The maximum atomic E-state index is 13.4. The summed E-state index contributed by atoms with van der Waals surface area (Å²) in [7, 11) is 0. The fourth-order valence-corrected chi connectivity index (χ4v) is 5.75. The quantitative estimate of drug-likeness (QED) is 0.349. The van der Waals surface area contributed by atoms with Gasteiger partial charge in [0, 0.05) is 10.0 Å². The minimum atomic E-state index is -1.15. The van der Waals surface area contributed by atoms with Crippen molar-refractivity contribution in [1.29, 1.82) is 0 Å². The van der Waals surface area contributed by atoms with E-state index in [9.17, 15) is 9.59 Å². The van der Waals surface area contributed by atoms with Crippen LogP contribution in [0.1, 0.15) is 20.8 Å². The summed E-state index contributed by atoms with van der Waals surface area (Å²) in [6.45, 7) is 5.78. The molecule has 12 heteroatoms. The summed E-state index contributed by atoms with van der Waals surface area (Å²) in [6.07, 6.45) is -0.718. The SMILES string of the molecule is CCOC(=O)C1=NN(c2ccc(Cl)cc2)C2N1c1ccccc1N1C(C(=O)OCC)=NN(c3ccc(Cl)cc3)[C@@]21C. The maximum absolute atomic E-state index is 13.4. The third kappa shape index (κ3) is 4.17. The van der Waals surface area contributed by atoms with Crippen LogP contribution < -0.4 is 19.8 Å². The van der Waals surface area contributed by atoms with Gasteiger partial charge in [0.25, 0.3) is 0 Å². The van der Waals surface area contributed by atoms with Crippen LogP contribution in [0.3, 0.4) is 0 Å². The monoisotopic (exact) mass is 592 g/mol. The number of para-hydroxylation sites is 2. The number of carbonyl (C=O) groups excluding carboxylic acids is 2. The number of fused-ring (bicyclic) bond motifs is 6. The van der Waals surface area contributed by atoms with E-state index in [4.69, 9.17) is 42.9 Å². The van der Waals surface area contributed by atoms with Crippen LogP contribution in [0.5, 0.6) is 0 Å². The topological polar surface area (TPSA) is 90.3 Å². The van der Waals surface area contributed by atoms with E-state index < -0.39 is 23.8 Å². The summed E-state index contributed by atoms with van der Waals surface area (Å²) in [6, 6.07) is 21.8. The van der Waals surface area contributed by atoms with Gasteiger partial charge in [-0.05, 0) is 81.4 Å². The van der Waals surface area contributed by atoms with E-state index in [2.05, 4.69) is 0 Å². The van der Waals surface area contributed by atoms with Gasteiger partial charge in [0.1, 0.15) is 0 Å². The highest BCUT2D eigenvalue weighted by atomic mass is 35.5. The second-order valence-electron chi connectivity index (χ2n) is 9.56. The van der Waals surface area contributed by atoms with Gasteiger partial charge >= 0.3 is 11.9 Å². The highest BCUT2D eigenvalue weighted by Crippen LogP contribution is 2.52. The minimum absolute atomic E-state index is 0.0945. The van der Waals surface area contributed by atoms with Crippen molar-refractivity contribution in [3.05, 3.63) is 82.8 Å². The molecule has 3 heterocycles. The molecule has 0 radical (unpaired) electrons. The van der Waals surface area contributed by atoms with Gasteiger partial charge in [-0.15, -0.1) is 10.2 Å². The van der Waals surface area contributed by atoms with Crippen molar-refractivity contribution in [2.75, 3.05) is 33.0 Å². The summed E-state index contributed by atoms with van der Waals surface area (Å²) in [4.78, 5) is 30.5. The van der Waals surface area contributed by atoms with E-state index in [-0.39, 0.29) is 24.9 Å². The molecule has 0 amide bonds.